The second-order valence-corrected chi connectivity index (χ2v) is 5.77. The van der Waals surface area contributed by atoms with Crippen molar-refractivity contribution < 1.29 is 0 Å². The molecule has 0 unspecified atom stereocenters. The molecular weight excluding hydrogens is 246 g/mol. The van der Waals surface area contributed by atoms with E-state index in [9.17, 15) is 0 Å². The highest BCUT2D eigenvalue weighted by atomic mass is 15.3. The summed E-state index contributed by atoms with van der Waals surface area (Å²) in [6.45, 7) is 8.24. The molecule has 112 valence electrons. The molecule has 1 aliphatic heterocycles. The highest BCUT2D eigenvalue weighted by Crippen LogP contribution is 2.07. The molecular formula is C17H29N3. The number of aryl methyl sites for hydroxylation is 1. The standard InChI is InChI=1S/C17H29N3/c18-10-4-5-11-19-13-15-20(16-14-19)12-6-9-17-7-2-1-3-8-17/h1-3,7-8H,4-6,9-16,18H2. The van der Waals surface area contributed by atoms with Gasteiger partial charge in [0.15, 0.2) is 0 Å². The summed E-state index contributed by atoms with van der Waals surface area (Å²) in [4.78, 5) is 5.20. The summed E-state index contributed by atoms with van der Waals surface area (Å²) in [6, 6.07) is 10.8. The van der Waals surface area contributed by atoms with Crippen LogP contribution in [0.4, 0.5) is 0 Å². The van der Waals surface area contributed by atoms with E-state index in [1.54, 1.807) is 0 Å². The summed E-state index contributed by atoms with van der Waals surface area (Å²) in [5.74, 6) is 0. The number of hydrogen-bond acceptors (Lipinski definition) is 3. The maximum atomic E-state index is 5.54. The molecule has 0 radical (unpaired) electrons. The number of hydrogen-bond donors (Lipinski definition) is 1. The van der Waals surface area contributed by atoms with Crippen molar-refractivity contribution >= 4 is 0 Å². The Morgan fingerprint density at radius 2 is 1.40 bits per heavy atom. The topological polar surface area (TPSA) is 32.5 Å². The molecule has 0 atom stereocenters. The molecule has 1 aromatic rings. The Morgan fingerprint density at radius 1 is 0.800 bits per heavy atom. The molecule has 2 rings (SSSR count). The fraction of sp³-hybridized carbons (Fsp3) is 0.647. The summed E-state index contributed by atoms with van der Waals surface area (Å²) in [6.07, 6.45) is 4.90. The normalized spacial score (nSPS) is 17.4. The fourth-order valence-corrected chi connectivity index (χ4v) is 2.87. The molecule has 1 saturated heterocycles. The van der Waals surface area contributed by atoms with Crippen molar-refractivity contribution in [1.29, 1.82) is 0 Å². The minimum Gasteiger partial charge on any atom is -0.330 e. The molecule has 0 amide bonds. The smallest absolute Gasteiger partial charge is 0.0110 e. The van der Waals surface area contributed by atoms with Crippen molar-refractivity contribution in [3.63, 3.8) is 0 Å². The van der Waals surface area contributed by atoms with Crippen molar-refractivity contribution in [3.05, 3.63) is 35.9 Å². The third kappa shape index (κ3) is 5.61. The first-order valence-electron chi connectivity index (χ1n) is 8.07. The molecule has 0 aliphatic carbocycles. The first-order valence-corrected chi connectivity index (χ1v) is 8.07. The lowest BCUT2D eigenvalue weighted by atomic mass is 10.1. The molecule has 0 saturated carbocycles. The van der Waals surface area contributed by atoms with Gasteiger partial charge in [0.25, 0.3) is 0 Å². The second kappa shape index (κ2) is 9.11. The van der Waals surface area contributed by atoms with Gasteiger partial charge in [-0.25, -0.2) is 0 Å². The highest BCUT2D eigenvalue weighted by molar-refractivity contribution is 5.14. The molecule has 1 fully saturated rings. The van der Waals surface area contributed by atoms with Gasteiger partial charge in [-0.1, -0.05) is 30.3 Å². The van der Waals surface area contributed by atoms with Crippen molar-refractivity contribution in [3.8, 4) is 0 Å². The Labute approximate surface area is 123 Å². The van der Waals surface area contributed by atoms with Gasteiger partial charge in [-0.15, -0.1) is 0 Å². The third-order valence-corrected chi connectivity index (χ3v) is 4.18. The van der Waals surface area contributed by atoms with Crippen molar-refractivity contribution in [2.24, 2.45) is 5.73 Å². The second-order valence-electron chi connectivity index (χ2n) is 5.77. The summed E-state index contributed by atoms with van der Waals surface area (Å²) in [5.41, 5.74) is 7.01. The molecule has 0 spiro atoms. The average Bonchev–Trinajstić information content (AvgIpc) is 2.50. The lowest BCUT2D eigenvalue weighted by molar-refractivity contribution is 0.130. The number of nitrogens with two attached hydrogens (primary N) is 1. The molecule has 3 nitrogen and oxygen atoms in total. The minimum atomic E-state index is 0.833. The first-order chi connectivity index (χ1) is 9.88. The van der Waals surface area contributed by atoms with Crippen LogP contribution >= 0.6 is 0 Å². The maximum Gasteiger partial charge on any atom is 0.0110 e. The maximum absolute atomic E-state index is 5.54. The molecule has 1 aliphatic rings. The largest absolute Gasteiger partial charge is 0.330 e. The zero-order chi connectivity index (χ0) is 14.0. The average molecular weight is 275 g/mol. The zero-order valence-corrected chi connectivity index (χ0v) is 12.6. The van der Waals surface area contributed by atoms with Gasteiger partial charge in [-0.2, -0.15) is 0 Å². The van der Waals surface area contributed by atoms with E-state index in [1.807, 2.05) is 0 Å². The first kappa shape index (κ1) is 15.5. The van der Waals surface area contributed by atoms with Crippen LogP contribution in [0, 0.1) is 0 Å². The van der Waals surface area contributed by atoms with E-state index in [2.05, 4.69) is 40.1 Å². The van der Waals surface area contributed by atoms with Crippen LogP contribution in [0.5, 0.6) is 0 Å². The zero-order valence-electron chi connectivity index (χ0n) is 12.6. The van der Waals surface area contributed by atoms with E-state index in [4.69, 9.17) is 5.73 Å². The van der Waals surface area contributed by atoms with Gasteiger partial charge in [0.1, 0.15) is 0 Å². The van der Waals surface area contributed by atoms with Crippen molar-refractivity contribution in [1.82, 2.24) is 9.80 Å². The number of benzene rings is 1. The van der Waals surface area contributed by atoms with Crippen LogP contribution in [0.3, 0.4) is 0 Å². The molecule has 2 N–H and O–H groups in total. The van der Waals surface area contributed by atoms with E-state index in [-0.39, 0.29) is 0 Å². The number of piperazine rings is 1. The van der Waals surface area contributed by atoms with E-state index in [0.717, 1.165) is 13.0 Å². The molecule has 3 heteroatoms. The quantitative estimate of drug-likeness (QED) is 0.736. The van der Waals surface area contributed by atoms with Crippen LogP contribution < -0.4 is 5.73 Å². The van der Waals surface area contributed by atoms with Gasteiger partial charge in [-0.05, 0) is 50.9 Å². The van der Waals surface area contributed by atoms with E-state index < -0.39 is 0 Å². The Kier molecular flexibility index (Phi) is 7.06. The lowest BCUT2D eigenvalue weighted by Gasteiger charge is -2.34. The van der Waals surface area contributed by atoms with Crippen molar-refractivity contribution in [2.75, 3.05) is 45.8 Å². The van der Waals surface area contributed by atoms with Gasteiger partial charge >= 0.3 is 0 Å². The van der Waals surface area contributed by atoms with Gasteiger partial charge in [0.05, 0.1) is 0 Å². The third-order valence-electron chi connectivity index (χ3n) is 4.18. The Hall–Kier alpha value is -0.900. The summed E-state index contributed by atoms with van der Waals surface area (Å²) in [5, 5.41) is 0. The van der Waals surface area contributed by atoms with Crippen LogP contribution in [-0.4, -0.2) is 55.6 Å². The van der Waals surface area contributed by atoms with Gasteiger partial charge in [0, 0.05) is 26.2 Å². The monoisotopic (exact) mass is 275 g/mol. The summed E-state index contributed by atoms with van der Waals surface area (Å²) < 4.78 is 0. The number of unbranched alkanes of at least 4 members (excludes halogenated alkanes) is 1. The van der Waals surface area contributed by atoms with Crippen LogP contribution in [0.15, 0.2) is 30.3 Å². The molecule has 0 aromatic heterocycles. The van der Waals surface area contributed by atoms with Crippen LogP contribution in [0.1, 0.15) is 24.8 Å². The minimum absolute atomic E-state index is 0.833. The van der Waals surface area contributed by atoms with Gasteiger partial charge in [-0.3, -0.25) is 0 Å². The van der Waals surface area contributed by atoms with E-state index >= 15 is 0 Å². The SMILES string of the molecule is NCCCCN1CCN(CCCc2ccccc2)CC1. The molecule has 20 heavy (non-hydrogen) atoms. The number of nitrogens with zero attached hydrogens (tertiary/aromatic N) is 2. The van der Waals surface area contributed by atoms with Gasteiger partial charge in [0.2, 0.25) is 0 Å². The molecule has 1 heterocycles. The van der Waals surface area contributed by atoms with Crippen LogP contribution in [0.25, 0.3) is 0 Å². The van der Waals surface area contributed by atoms with E-state index in [0.29, 0.717) is 0 Å². The van der Waals surface area contributed by atoms with Crippen LogP contribution in [-0.2, 0) is 6.42 Å². The lowest BCUT2D eigenvalue weighted by Crippen LogP contribution is -2.46. The Balaban J connectivity index is 1.55. The molecule has 0 bridgehead atoms. The highest BCUT2D eigenvalue weighted by Gasteiger charge is 2.15. The van der Waals surface area contributed by atoms with Gasteiger partial charge < -0.3 is 15.5 Å². The summed E-state index contributed by atoms with van der Waals surface area (Å²) >= 11 is 0. The Bertz CT molecular complexity index is 345. The van der Waals surface area contributed by atoms with E-state index in [1.165, 1.54) is 64.1 Å². The fourth-order valence-electron chi connectivity index (χ4n) is 2.87. The van der Waals surface area contributed by atoms with Crippen LogP contribution in [0.2, 0.25) is 0 Å². The Morgan fingerprint density at radius 3 is 2.00 bits per heavy atom. The predicted molar refractivity (Wildman–Crippen MR) is 85.9 cm³/mol. The predicted octanol–water partition coefficient (Wildman–Crippen LogP) is 1.98. The number of rotatable bonds is 8. The molecule has 1 aromatic carbocycles. The van der Waals surface area contributed by atoms with Crippen molar-refractivity contribution in [2.45, 2.75) is 25.7 Å². The summed E-state index contributed by atoms with van der Waals surface area (Å²) in [7, 11) is 0.